The maximum atomic E-state index is 13.3. The van der Waals surface area contributed by atoms with Crippen LogP contribution in [0.5, 0.6) is 0 Å². The van der Waals surface area contributed by atoms with Crippen LogP contribution in [0, 0.1) is 5.92 Å². The van der Waals surface area contributed by atoms with Crippen molar-refractivity contribution in [2.24, 2.45) is 5.92 Å². The fourth-order valence-electron chi connectivity index (χ4n) is 4.41. The van der Waals surface area contributed by atoms with Crippen molar-refractivity contribution < 1.29 is 27.6 Å². The number of hydroxylamine groups is 1. The maximum Gasteiger partial charge on any atom is 0.416 e. The number of alkyl halides is 3. The molecule has 1 N–H and O–H groups in total. The highest BCUT2D eigenvalue weighted by molar-refractivity contribution is 5.89. The molecule has 1 unspecified atom stereocenters. The summed E-state index contributed by atoms with van der Waals surface area (Å²) in [4.78, 5) is 32.4. The quantitative estimate of drug-likeness (QED) is 0.531. The van der Waals surface area contributed by atoms with E-state index in [9.17, 15) is 22.8 Å². The van der Waals surface area contributed by atoms with Gasteiger partial charge in [-0.25, -0.2) is 4.79 Å². The molecule has 34 heavy (non-hydrogen) atoms. The van der Waals surface area contributed by atoms with Crippen molar-refractivity contribution in [1.29, 1.82) is 0 Å². The smallest absolute Gasteiger partial charge is 0.366 e. The number of carbonyl (C=O) groups excluding carboxylic acids is 2. The molecule has 8 heteroatoms. The summed E-state index contributed by atoms with van der Waals surface area (Å²) in [6, 6.07) is 13.1. The standard InChI is InChI=1S/C26H31F3N2O3/c1-17(2)23(30-34-25(33)18-9-5-4-6-10-18)24(32)31(3)22-14-8-12-20(16-22)19-11-7-13-21(15-19)26(27,28)29/h4-7,9-11,13,15,17,20,22-23,30H,8,12,14,16H2,1-3H3/t20-,22?,23-/m0/s1. The lowest BCUT2D eigenvalue weighted by Crippen LogP contribution is -2.52. The highest BCUT2D eigenvalue weighted by Gasteiger charge is 2.35. The van der Waals surface area contributed by atoms with Crippen molar-refractivity contribution in [3.63, 3.8) is 0 Å². The molecule has 1 aliphatic carbocycles. The van der Waals surface area contributed by atoms with Crippen LogP contribution < -0.4 is 5.48 Å². The van der Waals surface area contributed by atoms with Crippen LogP contribution in [0.1, 0.15) is 66.9 Å². The molecule has 1 amide bonds. The summed E-state index contributed by atoms with van der Waals surface area (Å²) >= 11 is 0. The Morgan fingerprint density at radius 1 is 1.06 bits per heavy atom. The second-order valence-corrected chi connectivity index (χ2v) is 9.18. The molecule has 184 valence electrons. The van der Waals surface area contributed by atoms with Gasteiger partial charge in [0.25, 0.3) is 0 Å². The normalized spacial score (nSPS) is 19.5. The van der Waals surface area contributed by atoms with Crippen molar-refractivity contribution in [1.82, 2.24) is 10.4 Å². The van der Waals surface area contributed by atoms with Crippen molar-refractivity contribution in [3.05, 3.63) is 71.3 Å². The van der Waals surface area contributed by atoms with E-state index in [-0.39, 0.29) is 23.8 Å². The van der Waals surface area contributed by atoms with Crippen molar-refractivity contribution in [3.8, 4) is 0 Å². The van der Waals surface area contributed by atoms with Gasteiger partial charge in [-0.3, -0.25) is 4.79 Å². The molecule has 5 nitrogen and oxygen atoms in total. The predicted molar refractivity (Wildman–Crippen MR) is 123 cm³/mol. The van der Waals surface area contributed by atoms with E-state index in [1.54, 1.807) is 48.3 Å². The molecule has 1 aliphatic rings. The Kier molecular flexibility index (Phi) is 8.36. The van der Waals surface area contributed by atoms with Gasteiger partial charge in [-0.2, -0.15) is 13.2 Å². The molecule has 0 bridgehead atoms. The zero-order valence-electron chi connectivity index (χ0n) is 19.6. The fourth-order valence-corrected chi connectivity index (χ4v) is 4.41. The minimum atomic E-state index is -4.38. The number of nitrogens with one attached hydrogen (secondary N) is 1. The number of halogens is 3. The Balaban J connectivity index is 1.66. The van der Waals surface area contributed by atoms with Crippen LogP contribution in [0.2, 0.25) is 0 Å². The molecular formula is C26H31F3N2O3. The SMILES string of the molecule is CC(C)[C@H](NOC(=O)c1ccccc1)C(=O)N(C)C1CCC[C@H](c2cccc(C(F)(F)F)c2)C1. The number of rotatable bonds is 7. The average molecular weight is 477 g/mol. The van der Waals surface area contributed by atoms with Crippen molar-refractivity contribution in [2.75, 3.05) is 7.05 Å². The van der Waals surface area contributed by atoms with Crippen LogP contribution in [-0.2, 0) is 15.8 Å². The Hall–Kier alpha value is -2.87. The minimum Gasteiger partial charge on any atom is -0.366 e. The highest BCUT2D eigenvalue weighted by Crippen LogP contribution is 2.37. The molecule has 0 aromatic heterocycles. The lowest BCUT2D eigenvalue weighted by Gasteiger charge is -2.37. The monoisotopic (exact) mass is 476 g/mol. The summed E-state index contributed by atoms with van der Waals surface area (Å²) in [6.07, 6.45) is -1.44. The third-order valence-electron chi connectivity index (χ3n) is 6.45. The van der Waals surface area contributed by atoms with Gasteiger partial charge in [-0.05, 0) is 54.9 Å². The average Bonchev–Trinajstić information content (AvgIpc) is 2.83. The number of amides is 1. The Morgan fingerprint density at radius 3 is 2.41 bits per heavy atom. The van der Waals surface area contributed by atoms with E-state index >= 15 is 0 Å². The molecule has 1 fully saturated rings. The lowest BCUT2D eigenvalue weighted by atomic mass is 9.80. The van der Waals surface area contributed by atoms with E-state index in [1.807, 2.05) is 13.8 Å². The van der Waals surface area contributed by atoms with Crippen LogP contribution in [0.4, 0.5) is 13.2 Å². The Morgan fingerprint density at radius 2 is 1.76 bits per heavy atom. The largest absolute Gasteiger partial charge is 0.416 e. The van der Waals surface area contributed by atoms with Gasteiger partial charge in [-0.1, -0.05) is 56.7 Å². The number of carbonyl (C=O) groups is 2. The first kappa shape index (κ1) is 25.7. The van der Waals surface area contributed by atoms with Gasteiger partial charge in [0.2, 0.25) is 5.91 Å². The predicted octanol–water partition coefficient (Wildman–Crippen LogP) is 5.58. The molecule has 0 spiro atoms. The number of nitrogens with zero attached hydrogens (tertiary/aromatic N) is 1. The summed E-state index contributed by atoms with van der Waals surface area (Å²) in [5.74, 6) is -1.01. The van der Waals surface area contributed by atoms with Crippen LogP contribution in [-0.4, -0.2) is 35.9 Å². The molecule has 0 aliphatic heterocycles. The van der Waals surface area contributed by atoms with Gasteiger partial charge in [0.1, 0.15) is 6.04 Å². The molecule has 0 saturated heterocycles. The summed E-state index contributed by atoms with van der Waals surface area (Å²) in [5.41, 5.74) is 3.01. The highest BCUT2D eigenvalue weighted by atomic mass is 19.4. The maximum absolute atomic E-state index is 13.3. The second-order valence-electron chi connectivity index (χ2n) is 9.18. The summed E-state index contributed by atoms with van der Waals surface area (Å²) in [6.45, 7) is 3.71. The van der Waals surface area contributed by atoms with Crippen LogP contribution in [0.25, 0.3) is 0 Å². The first-order chi connectivity index (χ1) is 16.1. The minimum absolute atomic E-state index is 0.0577. The van der Waals surface area contributed by atoms with Gasteiger partial charge >= 0.3 is 12.1 Å². The third-order valence-corrected chi connectivity index (χ3v) is 6.45. The van der Waals surface area contributed by atoms with E-state index in [2.05, 4.69) is 5.48 Å². The van der Waals surface area contributed by atoms with Gasteiger partial charge < -0.3 is 9.74 Å². The fraction of sp³-hybridized carbons (Fsp3) is 0.462. The van der Waals surface area contributed by atoms with Crippen LogP contribution in [0.3, 0.4) is 0 Å². The number of benzene rings is 2. The van der Waals surface area contributed by atoms with Gasteiger partial charge in [-0.15, -0.1) is 5.48 Å². The summed E-state index contributed by atoms with van der Waals surface area (Å²) in [5, 5.41) is 0. The summed E-state index contributed by atoms with van der Waals surface area (Å²) in [7, 11) is 1.71. The molecule has 1 saturated carbocycles. The lowest BCUT2D eigenvalue weighted by molar-refractivity contribution is -0.139. The van der Waals surface area contributed by atoms with Crippen molar-refractivity contribution >= 4 is 11.9 Å². The van der Waals surface area contributed by atoms with E-state index in [4.69, 9.17) is 4.84 Å². The Bertz CT molecular complexity index is 979. The van der Waals surface area contributed by atoms with Crippen LogP contribution in [0.15, 0.2) is 54.6 Å². The topological polar surface area (TPSA) is 58.6 Å². The molecule has 3 atom stereocenters. The molecule has 0 heterocycles. The molecule has 2 aromatic rings. The molecule has 3 rings (SSSR count). The number of hydrogen-bond acceptors (Lipinski definition) is 4. The van der Waals surface area contributed by atoms with E-state index < -0.39 is 23.8 Å². The Labute approximate surface area is 198 Å². The van der Waals surface area contributed by atoms with E-state index in [0.717, 1.165) is 25.3 Å². The number of likely N-dealkylation sites (N-methyl/N-ethyl adjacent to an activating group) is 1. The zero-order valence-corrected chi connectivity index (χ0v) is 19.6. The molecule has 0 radical (unpaired) electrons. The molecule has 2 aromatic carbocycles. The van der Waals surface area contributed by atoms with Gasteiger partial charge in [0.15, 0.2) is 0 Å². The molecular weight excluding hydrogens is 445 g/mol. The third kappa shape index (κ3) is 6.38. The van der Waals surface area contributed by atoms with Crippen molar-refractivity contribution in [2.45, 2.75) is 63.7 Å². The first-order valence-electron chi connectivity index (χ1n) is 11.5. The second kappa shape index (κ2) is 11.0. The zero-order chi connectivity index (χ0) is 24.9. The van der Waals surface area contributed by atoms with Gasteiger partial charge in [0, 0.05) is 13.1 Å². The van der Waals surface area contributed by atoms with E-state index in [1.165, 1.54) is 12.1 Å². The van der Waals surface area contributed by atoms with Crippen LogP contribution >= 0.6 is 0 Å². The summed E-state index contributed by atoms with van der Waals surface area (Å²) < 4.78 is 39.5. The first-order valence-corrected chi connectivity index (χ1v) is 11.5. The van der Waals surface area contributed by atoms with Gasteiger partial charge in [0.05, 0.1) is 11.1 Å². The van der Waals surface area contributed by atoms with E-state index in [0.29, 0.717) is 17.5 Å². The number of hydrogen-bond donors (Lipinski definition) is 1.